The summed E-state index contributed by atoms with van der Waals surface area (Å²) in [6, 6.07) is -0.458. The van der Waals surface area contributed by atoms with Crippen LogP contribution < -0.4 is 11.1 Å². The lowest BCUT2D eigenvalue weighted by Gasteiger charge is -2.39. The van der Waals surface area contributed by atoms with Crippen LogP contribution in [0.5, 0.6) is 0 Å². The van der Waals surface area contributed by atoms with Gasteiger partial charge in [-0.3, -0.25) is 4.79 Å². The SMILES string of the molecule is CSCC[C@@H](N)C(=O)NC1(CO)CCC(C)CC1. The quantitative estimate of drug-likeness (QED) is 0.678. The van der Waals surface area contributed by atoms with Crippen LogP contribution in [0.1, 0.15) is 39.0 Å². The molecule has 1 rings (SSSR count). The minimum absolute atomic E-state index is 0.0146. The minimum Gasteiger partial charge on any atom is -0.394 e. The number of carbonyl (C=O) groups excluding carboxylic acids is 1. The van der Waals surface area contributed by atoms with Gasteiger partial charge in [-0.2, -0.15) is 11.8 Å². The summed E-state index contributed by atoms with van der Waals surface area (Å²) in [6.45, 7) is 2.23. The second-order valence-corrected chi connectivity index (χ2v) is 6.48. The van der Waals surface area contributed by atoms with Gasteiger partial charge in [-0.1, -0.05) is 6.92 Å². The Morgan fingerprint density at radius 1 is 1.56 bits per heavy atom. The van der Waals surface area contributed by atoms with Crippen LogP contribution in [0.3, 0.4) is 0 Å². The van der Waals surface area contributed by atoms with E-state index in [1.165, 1.54) is 0 Å². The van der Waals surface area contributed by atoms with Gasteiger partial charge in [0.15, 0.2) is 0 Å². The molecular formula is C13H26N2O2S. The molecule has 18 heavy (non-hydrogen) atoms. The van der Waals surface area contributed by atoms with E-state index in [9.17, 15) is 9.90 Å². The van der Waals surface area contributed by atoms with Crippen LogP contribution in [0.2, 0.25) is 0 Å². The van der Waals surface area contributed by atoms with Crippen molar-refractivity contribution >= 4 is 17.7 Å². The summed E-state index contributed by atoms with van der Waals surface area (Å²) in [5, 5.41) is 12.6. The molecule has 0 heterocycles. The summed E-state index contributed by atoms with van der Waals surface area (Å²) in [5.74, 6) is 1.46. The Balaban J connectivity index is 2.49. The number of aliphatic hydroxyl groups excluding tert-OH is 1. The van der Waals surface area contributed by atoms with Gasteiger partial charge in [-0.05, 0) is 50.0 Å². The van der Waals surface area contributed by atoms with E-state index in [0.717, 1.165) is 31.4 Å². The van der Waals surface area contributed by atoms with Crippen molar-refractivity contribution in [2.75, 3.05) is 18.6 Å². The molecular weight excluding hydrogens is 248 g/mol. The van der Waals surface area contributed by atoms with Crippen LogP contribution in [0.15, 0.2) is 0 Å². The van der Waals surface area contributed by atoms with Crippen molar-refractivity contribution in [1.29, 1.82) is 0 Å². The molecule has 0 aromatic heterocycles. The van der Waals surface area contributed by atoms with Crippen molar-refractivity contribution in [2.24, 2.45) is 11.7 Å². The first-order valence-electron chi connectivity index (χ1n) is 6.70. The Morgan fingerprint density at radius 2 is 2.17 bits per heavy atom. The molecule has 5 heteroatoms. The molecule has 0 aromatic carbocycles. The summed E-state index contributed by atoms with van der Waals surface area (Å²) >= 11 is 1.69. The molecule has 1 amide bonds. The molecule has 0 spiro atoms. The minimum atomic E-state index is -0.458. The van der Waals surface area contributed by atoms with E-state index in [-0.39, 0.29) is 12.5 Å². The summed E-state index contributed by atoms with van der Waals surface area (Å²) in [6.07, 6.45) is 6.51. The number of hydrogen-bond donors (Lipinski definition) is 3. The first-order chi connectivity index (χ1) is 8.53. The van der Waals surface area contributed by atoms with E-state index in [1.54, 1.807) is 11.8 Å². The van der Waals surface area contributed by atoms with Crippen LogP contribution >= 0.6 is 11.8 Å². The molecule has 0 radical (unpaired) electrons. The highest BCUT2D eigenvalue weighted by molar-refractivity contribution is 7.98. The molecule has 0 aliphatic heterocycles. The van der Waals surface area contributed by atoms with Crippen molar-refractivity contribution < 1.29 is 9.90 Å². The normalized spacial score (nSPS) is 29.9. The predicted octanol–water partition coefficient (Wildman–Crippen LogP) is 1.12. The number of carbonyl (C=O) groups is 1. The Hall–Kier alpha value is -0.260. The van der Waals surface area contributed by atoms with Gasteiger partial charge < -0.3 is 16.2 Å². The summed E-state index contributed by atoms with van der Waals surface area (Å²) in [5.41, 5.74) is 5.42. The second kappa shape index (κ2) is 7.36. The van der Waals surface area contributed by atoms with E-state index in [2.05, 4.69) is 12.2 Å². The predicted molar refractivity (Wildman–Crippen MR) is 76.6 cm³/mol. The zero-order chi connectivity index (χ0) is 13.6. The van der Waals surface area contributed by atoms with E-state index >= 15 is 0 Å². The maximum Gasteiger partial charge on any atom is 0.237 e. The van der Waals surface area contributed by atoms with Crippen molar-refractivity contribution in [2.45, 2.75) is 50.6 Å². The van der Waals surface area contributed by atoms with Crippen molar-refractivity contribution in [3.05, 3.63) is 0 Å². The fourth-order valence-electron chi connectivity index (χ4n) is 2.37. The third kappa shape index (κ3) is 4.44. The van der Waals surface area contributed by atoms with Gasteiger partial charge in [-0.25, -0.2) is 0 Å². The van der Waals surface area contributed by atoms with Crippen molar-refractivity contribution in [1.82, 2.24) is 5.32 Å². The summed E-state index contributed by atoms with van der Waals surface area (Å²) in [4.78, 5) is 12.0. The van der Waals surface area contributed by atoms with E-state index in [4.69, 9.17) is 5.73 Å². The second-order valence-electron chi connectivity index (χ2n) is 5.50. The number of hydrogen-bond acceptors (Lipinski definition) is 4. The highest BCUT2D eigenvalue weighted by Gasteiger charge is 2.35. The fourth-order valence-corrected chi connectivity index (χ4v) is 2.86. The number of nitrogens with one attached hydrogen (secondary N) is 1. The van der Waals surface area contributed by atoms with Crippen LogP contribution in [-0.2, 0) is 4.79 Å². The van der Waals surface area contributed by atoms with Gasteiger partial charge >= 0.3 is 0 Å². The van der Waals surface area contributed by atoms with Gasteiger partial charge in [-0.15, -0.1) is 0 Å². The van der Waals surface area contributed by atoms with Crippen LogP contribution in [0, 0.1) is 5.92 Å². The zero-order valence-corrected chi connectivity index (χ0v) is 12.3. The molecule has 1 aliphatic carbocycles. The highest BCUT2D eigenvalue weighted by Crippen LogP contribution is 2.31. The van der Waals surface area contributed by atoms with Crippen LogP contribution in [0.25, 0.3) is 0 Å². The average molecular weight is 274 g/mol. The topological polar surface area (TPSA) is 75.4 Å². The molecule has 0 aromatic rings. The number of nitrogens with two attached hydrogens (primary N) is 1. The number of amides is 1. The smallest absolute Gasteiger partial charge is 0.237 e. The zero-order valence-electron chi connectivity index (χ0n) is 11.4. The molecule has 1 atom stereocenters. The molecule has 0 saturated heterocycles. The number of rotatable bonds is 6. The Kier molecular flexibility index (Phi) is 6.46. The highest BCUT2D eigenvalue weighted by atomic mass is 32.2. The van der Waals surface area contributed by atoms with Gasteiger partial charge in [0.2, 0.25) is 5.91 Å². The summed E-state index contributed by atoms with van der Waals surface area (Å²) in [7, 11) is 0. The van der Waals surface area contributed by atoms with Crippen LogP contribution in [0.4, 0.5) is 0 Å². The summed E-state index contributed by atoms with van der Waals surface area (Å²) < 4.78 is 0. The van der Waals surface area contributed by atoms with E-state index in [1.807, 2.05) is 6.26 Å². The van der Waals surface area contributed by atoms with Crippen molar-refractivity contribution in [3.8, 4) is 0 Å². The molecule has 0 bridgehead atoms. The van der Waals surface area contributed by atoms with Crippen molar-refractivity contribution in [3.63, 3.8) is 0 Å². The van der Waals surface area contributed by atoms with E-state index < -0.39 is 11.6 Å². The monoisotopic (exact) mass is 274 g/mol. The third-order valence-corrected chi connectivity index (χ3v) is 4.54. The van der Waals surface area contributed by atoms with Crippen LogP contribution in [-0.4, -0.2) is 41.2 Å². The Bertz CT molecular complexity index is 266. The van der Waals surface area contributed by atoms with Gasteiger partial charge in [0.1, 0.15) is 0 Å². The molecule has 106 valence electrons. The van der Waals surface area contributed by atoms with Gasteiger partial charge in [0.05, 0.1) is 18.2 Å². The van der Waals surface area contributed by atoms with Gasteiger partial charge in [0, 0.05) is 0 Å². The lowest BCUT2D eigenvalue weighted by molar-refractivity contribution is -0.125. The first kappa shape index (κ1) is 15.8. The first-order valence-corrected chi connectivity index (χ1v) is 8.10. The fraction of sp³-hybridized carbons (Fsp3) is 0.923. The lowest BCUT2D eigenvalue weighted by Crippen LogP contribution is -2.57. The number of aliphatic hydroxyl groups is 1. The number of thioether (sulfide) groups is 1. The molecule has 4 N–H and O–H groups in total. The molecule has 1 saturated carbocycles. The molecule has 4 nitrogen and oxygen atoms in total. The van der Waals surface area contributed by atoms with E-state index in [0.29, 0.717) is 12.3 Å². The Labute approximate surface area is 114 Å². The maximum absolute atomic E-state index is 12.0. The average Bonchev–Trinajstić information content (AvgIpc) is 2.38. The lowest BCUT2D eigenvalue weighted by atomic mass is 9.77. The third-order valence-electron chi connectivity index (χ3n) is 3.89. The largest absolute Gasteiger partial charge is 0.394 e. The standard InChI is InChI=1S/C13H26N2O2S/c1-10-3-6-13(9-16,7-4-10)15-12(17)11(14)5-8-18-2/h10-11,16H,3-9,14H2,1-2H3,(H,15,17)/t10?,11-,13?/m1/s1. The molecule has 1 aliphatic rings. The molecule has 0 unspecified atom stereocenters. The van der Waals surface area contributed by atoms with Gasteiger partial charge in [0.25, 0.3) is 0 Å². The Morgan fingerprint density at radius 3 is 2.67 bits per heavy atom. The maximum atomic E-state index is 12.0. The molecule has 1 fully saturated rings.